The first kappa shape index (κ1) is 23.3. The highest BCUT2D eigenvalue weighted by molar-refractivity contribution is 8.00. The minimum absolute atomic E-state index is 0.0675. The number of carbonyl (C=O) groups excluding carboxylic acids is 3. The number of benzene rings is 1. The molecule has 166 valence electrons. The summed E-state index contributed by atoms with van der Waals surface area (Å²) in [5.74, 6) is -0.660. The maximum Gasteiger partial charge on any atom is 0.341 e. The van der Waals surface area contributed by atoms with Crippen molar-refractivity contribution in [3.63, 3.8) is 0 Å². The molecule has 1 unspecified atom stereocenters. The number of hydrogen-bond donors (Lipinski definition) is 2. The molecule has 9 heteroatoms. The molecule has 1 atom stereocenters. The number of fused-ring (bicyclic) bond motifs is 1. The molecule has 6 nitrogen and oxygen atoms in total. The lowest BCUT2D eigenvalue weighted by Gasteiger charge is -2.18. The number of halogens is 1. The number of thioether (sulfide) groups is 1. The number of amides is 2. The molecule has 0 bridgehead atoms. The molecule has 0 fully saturated rings. The largest absolute Gasteiger partial charge is 0.462 e. The van der Waals surface area contributed by atoms with E-state index in [1.807, 2.05) is 0 Å². The number of thiophene rings is 1. The SMILES string of the molecule is CCOC(=O)c1c(NC(=O)CSCC(=O)Nc2ccc(F)cc2)sc2c1CCC(C)C2. The first-order valence-electron chi connectivity index (χ1n) is 10.1. The fourth-order valence-electron chi connectivity index (χ4n) is 3.39. The highest BCUT2D eigenvalue weighted by Gasteiger charge is 2.29. The maximum absolute atomic E-state index is 12.9. The van der Waals surface area contributed by atoms with E-state index in [-0.39, 0.29) is 35.7 Å². The van der Waals surface area contributed by atoms with Gasteiger partial charge in [-0.05, 0) is 61.9 Å². The van der Waals surface area contributed by atoms with Crippen molar-refractivity contribution >= 4 is 51.6 Å². The van der Waals surface area contributed by atoms with E-state index in [9.17, 15) is 18.8 Å². The van der Waals surface area contributed by atoms with Crippen LogP contribution in [0.15, 0.2) is 24.3 Å². The van der Waals surface area contributed by atoms with E-state index < -0.39 is 5.97 Å². The van der Waals surface area contributed by atoms with Crippen molar-refractivity contribution in [2.45, 2.75) is 33.1 Å². The molecular weight excluding hydrogens is 439 g/mol. The first-order chi connectivity index (χ1) is 14.9. The van der Waals surface area contributed by atoms with E-state index in [1.165, 1.54) is 35.6 Å². The zero-order valence-electron chi connectivity index (χ0n) is 17.5. The highest BCUT2D eigenvalue weighted by Crippen LogP contribution is 2.40. The third kappa shape index (κ3) is 6.30. The lowest BCUT2D eigenvalue weighted by atomic mass is 9.88. The fraction of sp³-hybridized carbons (Fsp3) is 0.409. The Hall–Kier alpha value is -2.39. The Bertz CT molecular complexity index is 959. The Balaban J connectivity index is 1.56. The van der Waals surface area contributed by atoms with Crippen molar-refractivity contribution in [3.8, 4) is 0 Å². The smallest absolute Gasteiger partial charge is 0.341 e. The van der Waals surface area contributed by atoms with Crippen LogP contribution in [0, 0.1) is 11.7 Å². The molecule has 1 aliphatic rings. The third-order valence-corrected chi connectivity index (χ3v) is 6.94. The van der Waals surface area contributed by atoms with Crippen LogP contribution in [-0.2, 0) is 27.2 Å². The molecule has 1 aliphatic carbocycles. The van der Waals surface area contributed by atoms with Crippen LogP contribution in [0.5, 0.6) is 0 Å². The van der Waals surface area contributed by atoms with Crippen molar-refractivity contribution in [1.82, 2.24) is 0 Å². The summed E-state index contributed by atoms with van der Waals surface area (Å²) in [6.45, 7) is 4.20. The van der Waals surface area contributed by atoms with E-state index in [0.717, 1.165) is 41.5 Å². The Morgan fingerprint density at radius 2 is 1.84 bits per heavy atom. The predicted molar refractivity (Wildman–Crippen MR) is 122 cm³/mol. The summed E-state index contributed by atoms with van der Waals surface area (Å²) in [5.41, 5.74) is 1.96. The molecule has 0 aliphatic heterocycles. The van der Waals surface area contributed by atoms with E-state index in [0.29, 0.717) is 22.2 Å². The van der Waals surface area contributed by atoms with Crippen LogP contribution in [0.2, 0.25) is 0 Å². The third-order valence-electron chi connectivity index (χ3n) is 4.84. The number of ether oxygens (including phenoxy) is 1. The van der Waals surface area contributed by atoms with Crippen molar-refractivity contribution in [1.29, 1.82) is 0 Å². The van der Waals surface area contributed by atoms with E-state index in [2.05, 4.69) is 17.6 Å². The Morgan fingerprint density at radius 3 is 2.52 bits per heavy atom. The summed E-state index contributed by atoms with van der Waals surface area (Å²) in [4.78, 5) is 38.1. The van der Waals surface area contributed by atoms with Gasteiger partial charge in [0.1, 0.15) is 10.8 Å². The van der Waals surface area contributed by atoms with Crippen molar-refractivity contribution in [3.05, 3.63) is 46.1 Å². The van der Waals surface area contributed by atoms with Gasteiger partial charge in [-0.15, -0.1) is 23.1 Å². The van der Waals surface area contributed by atoms with Crippen LogP contribution in [0.3, 0.4) is 0 Å². The van der Waals surface area contributed by atoms with Gasteiger partial charge in [0.25, 0.3) is 0 Å². The highest BCUT2D eigenvalue weighted by atomic mass is 32.2. The van der Waals surface area contributed by atoms with Gasteiger partial charge >= 0.3 is 5.97 Å². The van der Waals surface area contributed by atoms with E-state index in [1.54, 1.807) is 6.92 Å². The molecule has 0 saturated heterocycles. The summed E-state index contributed by atoms with van der Waals surface area (Å²) in [5, 5.41) is 6.01. The fourth-order valence-corrected chi connectivity index (χ4v) is 5.42. The lowest BCUT2D eigenvalue weighted by molar-refractivity contribution is -0.114. The molecule has 31 heavy (non-hydrogen) atoms. The van der Waals surface area contributed by atoms with Gasteiger partial charge in [0.05, 0.1) is 23.7 Å². The number of esters is 1. The van der Waals surface area contributed by atoms with Crippen LogP contribution in [0.25, 0.3) is 0 Å². The molecule has 2 amide bonds. The monoisotopic (exact) mass is 464 g/mol. The number of rotatable bonds is 8. The summed E-state index contributed by atoms with van der Waals surface area (Å²) < 4.78 is 18.1. The minimum atomic E-state index is -0.406. The van der Waals surface area contributed by atoms with Crippen LogP contribution in [0.1, 0.15) is 41.1 Å². The molecule has 1 heterocycles. The van der Waals surface area contributed by atoms with Gasteiger partial charge in [0.15, 0.2) is 0 Å². The predicted octanol–water partition coefficient (Wildman–Crippen LogP) is 4.50. The van der Waals surface area contributed by atoms with Crippen molar-refractivity contribution in [2.24, 2.45) is 5.92 Å². The second kappa shape index (κ2) is 10.8. The van der Waals surface area contributed by atoms with Gasteiger partial charge in [-0.25, -0.2) is 9.18 Å². The van der Waals surface area contributed by atoms with Crippen molar-refractivity contribution in [2.75, 3.05) is 28.7 Å². The molecule has 3 rings (SSSR count). The molecule has 1 aromatic heterocycles. The normalized spacial score (nSPS) is 15.1. The molecule has 1 aromatic carbocycles. The molecule has 0 radical (unpaired) electrons. The van der Waals surface area contributed by atoms with E-state index in [4.69, 9.17) is 4.74 Å². The molecule has 2 N–H and O–H groups in total. The molecule has 0 spiro atoms. The maximum atomic E-state index is 12.9. The summed E-state index contributed by atoms with van der Waals surface area (Å²) in [7, 11) is 0. The molecular formula is C22H25FN2O4S2. The summed E-state index contributed by atoms with van der Waals surface area (Å²) in [6.07, 6.45) is 2.69. The van der Waals surface area contributed by atoms with Gasteiger partial charge in [-0.2, -0.15) is 0 Å². The molecule has 2 aromatic rings. The average Bonchev–Trinajstić information content (AvgIpc) is 3.06. The number of anilines is 2. The van der Waals surface area contributed by atoms with Crippen LogP contribution in [0.4, 0.5) is 15.1 Å². The van der Waals surface area contributed by atoms with Gasteiger partial charge < -0.3 is 15.4 Å². The van der Waals surface area contributed by atoms with Gasteiger partial charge in [-0.3, -0.25) is 9.59 Å². The zero-order valence-corrected chi connectivity index (χ0v) is 19.1. The molecule has 0 saturated carbocycles. The number of hydrogen-bond acceptors (Lipinski definition) is 6. The number of carbonyl (C=O) groups is 3. The number of nitrogens with one attached hydrogen (secondary N) is 2. The standard InChI is InChI=1S/C22H25FN2O4S2/c1-3-29-22(28)20-16-9-4-13(2)10-17(16)31-21(20)25-19(27)12-30-11-18(26)24-15-7-5-14(23)6-8-15/h5-8,13H,3-4,9-12H2,1-2H3,(H,24,26)(H,25,27). The quantitative estimate of drug-likeness (QED) is 0.562. The Morgan fingerprint density at radius 1 is 1.16 bits per heavy atom. The Kier molecular flexibility index (Phi) is 8.09. The second-order valence-electron chi connectivity index (χ2n) is 7.37. The van der Waals surface area contributed by atoms with Crippen molar-refractivity contribution < 1.29 is 23.5 Å². The topological polar surface area (TPSA) is 84.5 Å². The van der Waals surface area contributed by atoms with Crippen LogP contribution in [-0.4, -0.2) is 35.9 Å². The van der Waals surface area contributed by atoms with Gasteiger partial charge in [-0.1, -0.05) is 6.92 Å². The van der Waals surface area contributed by atoms with Crippen LogP contribution >= 0.6 is 23.1 Å². The van der Waals surface area contributed by atoms with Gasteiger partial charge in [0, 0.05) is 10.6 Å². The summed E-state index contributed by atoms with van der Waals surface area (Å²) >= 11 is 2.60. The second-order valence-corrected chi connectivity index (χ2v) is 9.46. The lowest BCUT2D eigenvalue weighted by Crippen LogP contribution is -2.19. The average molecular weight is 465 g/mol. The minimum Gasteiger partial charge on any atom is -0.462 e. The Labute approximate surface area is 188 Å². The van der Waals surface area contributed by atoms with E-state index >= 15 is 0 Å². The zero-order chi connectivity index (χ0) is 22.4. The van der Waals surface area contributed by atoms with Crippen LogP contribution < -0.4 is 10.6 Å². The first-order valence-corrected chi connectivity index (χ1v) is 12.1. The van der Waals surface area contributed by atoms with Gasteiger partial charge in [0.2, 0.25) is 11.8 Å². The summed E-state index contributed by atoms with van der Waals surface area (Å²) in [6, 6.07) is 5.47.